The van der Waals surface area contributed by atoms with E-state index in [9.17, 15) is 4.79 Å². The molecule has 1 aliphatic heterocycles. The van der Waals surface area contributed by atoms with E-state index in [4.69, 9.17) is 10.6 Å². The first-order valence-electron chi connectivity index (χ1n) is 5.95. The van der Waals surface area contributed by atoms with Crippen molar-refractivity contribution >= 4 is 21.8 Å². The van der Waals surface area contributed by atoms with Gasteiger partial charge in [-0.2, -0.15) is 0 Å². The minimum absolute atomic E-state index is 0.0990. The third kappa shape index (κ3) is 1.61. The molecule has 1 saturated heterocycles. The minimum atomic E-state index is -0.484. The van der Waals surface area contributed by atoms with E-state index in [0.29, 0.717) is 0 Å². The molecule has 3 N–H and O–H groups in total. The zero-order valence-electron chi connectivity index (χ0n) is 9.91. The van der Waals surface area contributed by atoms with Crippen LogP contribution in [-0.2, 0) is 14.9 Å². The van der Waals surface area contributed by atoms with Gasteiger partial charge >= 0.3 is 0 Å². The average Bonchev–Trinajstić information content (AvgIpc) is 2.25. The van der Waals surface area contributed by atoms with Crippen LogP contribution in [0.5, 0.6) is 0 Å². The van der Waals surface area contributed by atoms with E-state index in [0.717, 1.165) is 36.1 Å². The molecule has 1 aliphatic carbocycles. The summed E-state index contributed by atoms with van der Waals surface area (Å²) in [5.41, 5.74) is 3.06. The van der Waals surface area contributed by atoms with Crippen molar-refractivity contribution in [2.45, 2.75) is 18.3 Å². The lowest BCUT2D eigenvalue weighted by atomic mass is 9.49. The SMILES string of the molecule is NNC(=O)C1(c2cccc(Br)c2)CC2(COC2)C1. The molecule has 3 rings (SSSR count). The van der Waals surface area contributed by atoms with Crippen molar-refractivity contribution in [3.8, 4) is 0 Å². The first-order chi connectivity index (χ1) is 8.60. The van der Waals surface area contributed by atoms with E-state index in [2.05, 4.69) is 21.4 Å². The normalized spacial score (nSPS) is 23.0. The van der Waals surface area contributed by atoms with Gasteiger partial charge in [0.25, 0.3) is 0 Å². The number of nitrogens with one attached hydrogen (secondary N) is 1. The molecule has 1 aromatic rings. The number of hydrazine groups is 1. The summed E-state index contributed by atoms with van der Waals surface area (Å²) in [6.07, 6.45) is 1.64. The Morgan fingerprint density at radius 1 is 1.39 bits per heavy atom. The minimum Gasteiger partial charge on any atom is -0.380 e. The van der Waals surface area contributed by atoms with Crippen molar-refractivity contribution in [2.75, 3.05) is 13.2 Å². The second kappa shape index (κ2) is 4.05. The highest BCUT2D eigenvalue weighted by molar-refractivity contribution is 9.10. The molecule has 1 aromatic carbocycles. The topological polar surface area (TPSA) is 64.3 Å². The fourth-order valence-corrected chi connectivity index (χ4v) is 3.64. The lowest BCUT2D eigenvalue weighted by Crippen LogP contribution is -2.65. The highest BCUT2D eigenvalue weighted by Gasteiger charge is 2.62. The summed E-state index contributed by atoms with van der Waals surface area (Å²) in [4.78, 5) is 12.2. The Bertz CT molecular complexity index is 492. The Hall–Kier alpha value is -0.910. The molecule has 0 radical (unpaired) electrons. The van der Waals surface area contributed by atoms with Gasteiger partial charge in [-0.1, -0.05) is 28.1 Å². The molecule has 4 nitrogen and oxygen atoms in total. The smallest absolute Gasteiger partial charge is 0.244 e. The number of carbonyl (C=O) groups excluding carboxylic acids is 1. The van der Waals surface area contributed by atoms with Crippen LogP contribution < -0.4 is 11.3 Å². The largest absolute Gasteiger partial charge is 0.380 e. The molecule has 18 heavy (non-hydrogen) atoms. The summed E-state index contributed by atoms with van der Waals surface area (Å²) in [5, 5.41) is 0. The summed E-state index contributed by atoms with van der Waals surface area (Å²) in [6, 6.07) is 7.90. The monoisotopic (exact) mass is 310 g/mol. The van der Waals surface area contributed by atoms with Gasteiger partial charge in [-0.05, 0) is 30.5 Å². The molecule has 1 heterocycles. The van der Waals surface area contributed by atoms with Crippen LogP contribution in [0.2, 0.25) is 0 Å². The number of nitrogens with two attached hydrogens (primary N) is 1. The molecule has 0 atom stereocenters. The predicted molar refractivity (Wildman–Crippen MR) is 70.6 cm³/mol. The standard InChI is InChI=1S/C13H15BrN2O2/c14-10-3-1-2-9(4-10)13(11(17)16-15)5-12(6-13)7-18-8-12/h1-4H,5-8,15H2,(H,16,17). The number of rotatable bonds is 2. The molecule has 1 amide bonds. The Balaban J connectivity index is 1.94. The number of hydrogen-bond donors (Lipinski definition) is 2. The number of benzene rings is 1. The number of ether oxygens (including phenoxy) is 1. The highest BCUT2D eigenvalue weighted by atomic mass is 79.9. The number of amides is 1. The molecular formula is C13H15BrN2O2. The maximum absolute atomic E-state index is 12.2. The van der Waals surface area contributed by atoms with Gasteiger partial charge in [0.2, 0.25) is 5.91 Å². The fraction of sp³-hybridized carbons (Fsp3) is 0.462. The molecule has 96 valence electrons. The Morgan fingerprint density at radius 3 is 2.61 bits per heavy atom. The maximum Gasteiger partial charge on any atom is 0.244 e. The van der Waals surface area contributed by atoms with Crippen LogP contribution in [0.3, 0.4) is 0 Å². The van der Waals surface area contributed by atoms with E-state index in [1.165, 1.54) is 0 Å². The van der Waals surface area contributed by atoms with Gasteiger partial charge in [0.15, 0.2) is 0 Å². The third-order valence-corrected chi connectivity index (χ3v) is 4.61. The van der Waals surface area contributed by atoms with E-state index >= 15 is 0 Å². The molecule has 1 spiro atoms. The molecule has 0 aromatic heterocycles. The third-order valence-electron chi connectivity index (χ3n) is 4.11. The van der Waals surface area contributed by atoms with Gasteiger partial charge in [0, 0.05) is 9.89 Å². The van der Waals surface area contributed by atoms with Crippen LogP contribution in [0.25, 0.3) is 0 Å². The lowest BCUT2D eigenvalue weighted by Gasteiger charge is -2.59. The van der Waals surface area contributed by atoms with Crippen LogP contribution in [0.15, 0.2) is 28.7 Å². The number of halogens is 1. The van der Waals surface area contributed by atoms with Crippen LogP contribution >= 0.6 is 15.9 Å². The molecule has 2 aliphatic rings. The van der Waals surface area contributed by atoms with Gasteiger partial charge in [0.05, 0.1) is 18.6 Å². The summed E-state index contributed by atoms with van der Waals surface area (Å²) < 4.78 is 6.26. The van der Waals surface area contributed by atoms with Gasteiger partial charge in [-0.25, -0.2) is 5.84 Å². The van der Waals surface area contributed by atoms with Crippen LogP contribution in [0.1, 0.15) is 18.4 Å². The van der Waals surface area contributed by atoms with Gasteiger partial charge in [-0.3, -0.25) is 10.2 Å². The summed E-state index contributed by atoms with van der Waals surface area (Å²) in [5.74, 6) is 5.25. The van der Waals surface area contributed by atoms with Crippen LogP contribution in [-0.4, -0.2) is 19.1 Å². The van der Waals surface area contributed by atoms with Gasteiger partial charge in [-0.15, -0.1) is 0 Å². The van der Waals surface area contributed by atoms with Crippen molar-refractivity contribution in [1.29, 1.82) is 0 Å². The van der Waals surface area contributed by atoms with Gasteiger partial charge in [0.1, 0.15) is 0 Å². The molecule has 2 fully saturated rings. The molecular weight excluding hydrogens is 296 g/mol. The second-order valence-electron chi connectivity index (χ2n) is 5.41. The van der Waals surface area contributed by atoms with Crippen LogP contribution in [0.4, 0.5) is 0 Å². The highest BCUT2D eigenvalue weighted by Crippen LogP contribution is 2.59. The number of carbonyl (C=O) groups is 1. The summed E-state index contributed by atoms with van der Waals surface area (Å²) >= 11 is 3.45. The lowest BCUT2D eigenvalue weighted by molar-refractivity contribution is -0.193. The van der Waals surface area contributed by atoms with Crippen LogP contribution in [0, 0.1) is 5.41 Å². The first kappa shape index (κ1) is 12.1. The average molecular weight is 311 g/mol. The van der Waals surface area contributed by atoms with E-state index in [-0.39, 0.29) is 11.3 Å². The Kier molecular flexibility index (Phi) is 2.73. The molecule has 0 unspecified atom stereocenters. The second-order valence-corrected chi connectivity index (χ2v) is 6.33. The quantitative estimate of drug-likeness (QED) is 0.494. The van der Waals surface area contributed by atoms with E-state index in [1.54, 1.807) is 0 Å². The van der Waals surface area contributed by atoms with Crippen molar-refractivity contribution in [1.82, 2.24) is 5.43 Å². The van der Waals surface area contributed by atoms with Gasteiger partial charge < -0.3 is 4.74 Å². The molecule has 5 heteroatoms. The molecule has 1 saturated carbocycles. The Labute approximate surface area is 114 Å². The fourth-order valence-electron chi connectivity index (χ4n) is 3.24. The predicted octanol–water partition coefficient (Wildman–Crippen LogP) is 1.49. The van der Waals surface area contributed by atoms with Crippen molar-refractivity contribution in [2.24, 2.45) is 11.3 Å². The van der Waals surface area contributed by atoms with Crippen molar-refractivity contribution in [3.05, 3.63) is 34.3 Å². The Morgan fingerprint density at radius 2 is 2.11 bits per heavy atom. The molecule has 0 bridgehead atoms. The first-order valence-corrected chi connectivity index (χ1v) is 6.74. The zero-order chi connectivity index (χ0) is 12.8. The number of hydrogen-bond acceptors (Lipinski definition) is 3. The summed E-state index contributed by atoms with van der Waals surface area (Å²) in [7, 11) is 0. The summed E-state index contributed by atoms with van der Waals surface area (Å²) in [6.45, 7) is 1.53. The van der Waals surface area contributed by atoms with E-state index < -0.39 is 5.41 Å². The van der Waals surface area contributed by atoms with Crippen molar-refractivity contribution < 1.29 is 9.53 Å². The van der Waals surface area contributed by atoms with Crippen molar-refractivity contribution in [3.63, 3.8) is 0 Å². The maximum atomic E-state index is 12.2. The van der Waals surface area contributed by atoms with E-state index in [1.807, 2.05) is 24.3 Å². The zero-order valence-corrected chi connectivity index (χ0v) is 11.5.